The van der Waals surface area contributed by atoms with E-state index in [-0.39, 0.29) is 7.40 Å². The molecule has 0 radical (unpaired) electrons. The van der Waals surface area contributed by atoms with Gasteiger partial charge in [-0.25, -0.2) is 9.59 Å². The van der Waals surface area contributed by atoms with E-state index in [0.717, 1.165) is 5.56 Å². The lowest BCUT2D eigenvalue weighted by molar-refractivity contribution is 0.0442. The molecule has 0 saturated heterocycles. The second kappa shape index (κ2) is 7.49. The summed E-state index contributed by atoms with van der Waals surface area (Å²) in [5.41, 5.74) is 0.332. The molecule has 1 aromatic rings. The van der Waals surface area contributed by atoms with Crippen LogP contribution in [0.3, 0.4) is 0 Å². The van der Waals surface area contributed by atoms with Crippen molar-refractivity contribution < 1.29 is 20.5 Å². The van der Waals surface area contributed by atoms with Gasteiger partial charge in [0.2, 0.25) is 0 Å². The number of nitrogens with one attached hydrogen (secondary N) is 1. The predicted octanol–water partition coefficient (Wildman–Crippen LogP) is 4.26. The van der Waals surface area contributed by atoms with Gasteiger partial charge in [0.25, 0.3) is 0 Å². The Bertz CT molecular complexity index is 545. The summed E-state index contributed by atoms with van der Waals surface area (Å²) in [6.45, 7) is 9.51. The Morgan fingerprint density at radius 1 is 1.09 bits per heavy atom. The lowest BCUT2D eigenvalue weighted by Gasteiger charge is -2.34. The molecule has 5 nitrogen and oxygen atoms in total. The van der Waals surface area contributed by atoms with Crippen LogP contribution in [0.15, 0.2) is 24.3 Å². The number of rotatable bonds is 5. The number of amides is 1. The van der Waals surface area contributed by atoms with E-state index in [4.69, 9.17) is 9.47 Å². The number of esters is 1. The number of ether oxygens (including phenoxy) is 2. The first kappa shape index (κ1) is 19.0. The van der Waals surface area contributed by atoms with Gasteiger partial charge in [0, 0.05) is 1.43 Å². The fourth-order valence-electron chi connectivity index (χ4n) is 2.45. The van der Waals surface area contributed by atoms with Crippen molar-refractivity contribution in [3.8, 4) is 0 Å². The molecular formula is C18H29NO4. The molecule has 0 saturated carbocycles. The largest absolute Gasteiger partial charge is 0.465 e. The van der Waals surface area contributed by atoms with Gasteiger partial charge in [-0.2, -0.15) is 0 Å². The van der Waals surface area contributed by atoms with Crippen molar-refractivity contribution in [1.82, 2.24) is 5.32 Å². The molecule has 0 heterocycles. The minimum Gasteiger partial charge on any atom is -0.465 e. The molecule has 130 valence electrons. The number of alkyl carbamates (subject to hydrolysis) is 1. The Labute approximate surface area is 139 Å². The maximum atomic E-state index is 12.2. The molecule has 0 bridgehead atoms. The van der Waals surface area contributed by atoms with Gasteiger partial charge < -0.3 is 14.8 Å². The van der Waals surface area contributed by atoms with Crippen LogP contribution in [0.2, 0.25) is 0 Å². The number of hydrogen-bond donors (Lipinski definition) is 1. The third-order valence-electron chi connectivity index (χ3n) is 3.81. The summed E-state index contributed by atoms with van der Waals surface area (Å²) in [6.07, 6.45) is 0.971. The van der Waals surface area contributed by atoms with Crippen molar-refractivity contribution >= 4 is 12.1 Å². The molecule has 0 aromatic heterocycles. The summed E-state index contributed by atoms with van der Waals surface area (Å²) in [4.78, 5) is 23.7. The summed E-state index contributed by atoms with van der Waals surface area (Å²) < 4.78 is 10.1. The van der Waals surface area contributed by atoms with Crippen molar-refractivity contribution in [3.63, 3.8) is 0 Å². The maximum absolute atomic E-state index is 12.2. The van der Waals surface area contributed by atoms with Gasteiger partial charge in [0.15, 0.2) is 0 Å². The first-order valence-corrected chi connectivity index (χ1v) is 7.87. The van der Waals surface area contributed by atoms with E-state index >= 15 is 0 Å². The molecule has 0 aliphatic carbocycles. The standard InChI is InChI=1S/C18H27NO4.H2/c1-7-18(8-2,19-16(21)23-17(3,4)5)14-11-9-13(10-12-14)15(20)22-6;/h9-12H,7-8H2,1-6H3,(H,19,21);1H. The summed E-state index contributed by atoms with van der Waals surface area (Å²) in [5.74, 6) is -0.379. The van der Waals surface area contributed by atoms with Crippen LogP contribution in [-0.4, -0.2) is 24.8 Å². The van der Waals surface area contributed by atoms with E-state index in [0.29, 0.717) is 18.4 Å². The molecular weight excluding hydrogens is 294 g/mol. The molecule has 0 unspecified atom stereocenters. The van der Waals surface area contributed by atoms with Gasteiger partial charge in [0.05, 0.1) is 18.2 Å². The third kappa shape index (κ3) is 4.98. The number of benzene rings is 1. The predicted molar refractivity (Wildman–Crippen MR) is 91.5 cm³/mol. The molecule has 1 N–H and O–H groups in total. The lowest BCUT2D eigenvalue weighted by atomic mass is 9.84. The van der Waals surface area contributed by atoms with Gasteiger partial charge in [-0.3, -0.25) is 0 Å². The van der Waals surface area contributed by atoms with Crippen LogP contribution >= 0.6 is 0 Å². The fraction of sp³-hybridized carbons (Fsp3) is 0.556. The highest BCUT2D eigenvalue weighted by Crippen LogP contribution is 2.29. The third-order valence-corrected chi connectivity index (χ3v) is 3.81. The van der Waals surface area contributed by atoms with Crippen LogP contribution in [0.1, 0.15) is 64.8 Å². The van der Waals surface area contributed by atoms with E-state index in [2.05, 4.69) is 5.32 Å². The SMILES string of the molecule is CCC(CC)(NC(=O)OC(C)(C)C)c1ccc(C(=O)OC)cc1.[HH]. The second-order valence-corrected chi connectivity index (χ2v) is 6.49. The van der Waals surface area contributed by atoms with E-state index in [1.807, 2.05) is 46.8 Å². The zero-order valence-electron chi connectivity index (χ0n) is 14.9. The molecule has 0 atom stereocenters. The highest BCUT2D eigenvalue weighted by molar-refractivity contribution is 5.89. The number of carbonyl (C=O) groups is 2. The Morgan fingerprint density at radius 3 is 2.00 bits per heavy atom. The van der Waals surface area contributed by atoms with Crippen molar-refractivity contribution in [3.05, 3.63) is 35.4 Å². The van der Waals surface area contributed by atoms with E-state index in [1.165, 1.54) is 7.11 Å². The Kier molecular flexibility index (Phi) is 6.19. The van der Waals surface area contributed by atoms with Crippen LogP contribution in [0.4, 0.5) is 4.79 Å². The number of carbonyl (C=O) groups excluding carboxylic acids is 2. The Balaban J connectivity index is 0.00000529. The van der Waals surface area contributed by atoms with Crippen molar-refractivity contribution in [1.29, 1.82) is 0 Å². The molecule has 1 aromatic carbocycles. The average Bonchev–Trinajstić information content (AvgIpc) is 2.50. The van der Waals surface area contributed by atoms with Crippen molar-refractivity contribution in [2.24, 2.45) is 0 Å². The minimum absolute atomic E-state index is 0. The quantitative estimate of drug-likeness (QED) is 0.822. The normalized spacial score (nSPS) is 11.7. The molecule has 1 amide bonds. The van der Waals surface area contributed by atoms with Crippen molar-refractivity contribution in [2.45, 2.75) is 58.6 Å². The monoisotopic (exact) mass is 323 g/mol. The number of hydrogen-bond acceptors (Lipinski definition) is 4. The molecule has 0 aliphatic rings. The highest BCUT2D eigenvalue weighted by Gasteiger charge is 2.32. The van der Waals surface area contributed by atoms with E-state index in [9.17, 15) is 9.59 Å². The van der Waals surface area contributed by atoms with Crippen molar-refractivity contribution in [2.75, 3.05) is 7.11 Å². The topological polar surface area (TPSA) is 64.6 Å². The van der Waals surface area contributed by atoms with Crippen LogP contribution < -0.4 is 5.32 Å². The zero-order chi connectivity index (χ0) is 17.7. The van der Waals surface area contributed by atoms with Crippen LogP contribution in [0.25, 0.3) is 0 Å². The lowest BCUT2D eigenvalue weighted by Crippen LogP contribution is -2.47. The minimum atomic E-state index is -0.550. The van der Waals surface area contributed by atoms with E-state index in [1.54, 1.807) is 12.1 Å². The summed E-state index contributed by atoms with van der Waals surface area (Å²) in [7, 11) is 1.35. The smallest absolute Gasteiger partial charge is 0.408 e. The summed E-state index contributed by atoms with van der Waals surface area (Å²) in [5, 5.41) is 2.99. The van der Waals surface area contributed by atoms with Gasteiger partial charge in [0.1, 0.15) is 5.60 Å². The first-order chi connectivity index (χ1) is 10.7. The Hall–Kier alpha value is -2.04. The van der Waals surface area contributed by atoms with Gasteiger partial charge >= 0.3 is 12.1 Å². The molecule has 0 spiro atoms. The first-order valence-electron chi connectivity index (χ1n) is 7.87. The molecule has 0 aliphatic heterocycles. The van der Waals surface area contributed by atoms with E-state index < -0.39 is 17.2 Å². The zero-order valence-corrected chi connectivity index (χ0v) is 14.9. The summed E-state index contributed by atoms with van der Waals surface area (Å²) >= 11 is 0. The fourth-order valence-corrected chi connectivity index (χ4v) is 2.45. The highest BCUT2D eigenvalue weighted by atomic mass is 16.6. The Morgan fingerprint density at radius 2 is 1.61 bits per heavy atom. The van der Waals surface area contributed by atoms with Crippen LogP contribution in [0.5, 0.6) is 0 Å². The molecule has 1 rings (SSSR count). The summed E-state index contributed by atoms with van der Waals surface area (Å²) in [6, 6.07) is 7.10. The number of methoxy groups -OCH3 is 1. The van der Waals surface area contributed by atoms with Crippen LogP contribution in [-0.2, 0) is 15.0 Å². The van der Waals surface area contributed by atoms with Gasteiger partial charge in [-0.15, -0.1) is 0 Å². The maximum Gasteiger partial charge on any atom is 0.408 e. The average molecular weight is 323 g/mol. The second-order valence-electron chi connectivity index (χ2n) is 6.49. The molecule has 23 heavy (non-hydrogen) atoms. The van der Waals surface area contributed by atoms with Gasteiger partial charge in [-0.1, -0.05) is 26.0 Å². The van der Waals surface area contributed by atoms with Crippen LogP contribution in [0, 0.1) is 0 Å². The molecule has 0 fully saturated rings. The molecule has 5 heteroatoms. The van der Waals surface area contributed by atoms with Gasteiger partial charge in [-0.05, 0) is 51.3 Å².